The number of benzene rings is 2. The van der Waals surface area contributed by atoms with Crippen LogP contribution in [-0.2, 0) is 9.53 Å². The summed E-state index contributed by atoms with van der Waals surface area (Å²) in [6.07, 6.45) is -0.446. The Bertz CT molecular complexity index is 954. The molecule has 2 amide bonds. The highest BCUT2D eigenvalue weighted by Gasteiger charge is 2.36. The first kappa shape index (κ1) is 20.8. The highest BCUT2D eigenvalue weighted by molar-refractivity contribution is 6.01. The number of nitrogens with zero attached hydrogens (tertiary/aromatic N) is 1. The van der Waals surface area contributed by atoms with Gasteiger partial charge in [-0.2, -0.15) is 0 Å². The van der Waals surface area contributed by atoms with E-state index in [1.807, 2.05) is 19.1 Å². The van der Waals surface area contributed by atoms with Gasteiger partial charge in [-0.3, -0.25) is 4.79 Å². The number of amides is 2. The molecule has 1 fully saturated rings. The van der Waals surface area contributed by atoms with E-state index in [0.717, 1.165) is 10.5 Å². The Morgan fingerprint density at radius 3 is 2.45 bits per heavy atom. The summed E-state index contributed by atoms with van der Waals surface area (Å²) in [5.74, 6) is -2.59. The molecule has 1 aliphatic rings. The van der Waals surface area contributed by atoms with Crippen LogP contribution in [-0.4, -0.2) is 30.2 Å². The van der Waals surface area contributed by atoms with E-state index in [0.29, 0.717) is 5.56 Å². The maximum Gasteiger partial charge on any atom is 0.408 e. The number of halogens is 2. The number of anilines is 1. The number of carbonyl (C=O) groups is 2. The summed E-state index contributed by atoms with van der Waals surface area (Å²) in [7, 11) is 0. The van der Waals surface area contributed by atoms with Crippen molar-refractivity contribution in [2.75, 3.05) is 11.4 Å². The van der Waals surface area contributed by atoms with Crippen LogP contribution >= 0.6 is 0 Å². The van der Waals surface area contributed by atoms with Crippen molar-refractivity contribution in [3.8, 4) is 11.1 Å². The second kappa shape index (κ2) is 7.81. The van der Waals surface area contributed by atoms with Gasteiger partial charge < -0.3 is 15.0 Å². The van der Waals surface area contributed by atoms with Gasteiger partial charge in [0.1, 0.15) is 11.6 Å². The Kier molecular flexibility index (Phi) is 5.59. The second-order valence-electron chi connectivity index (χ2n) is 8.05. The smallest absolute Gasteiger partial charge is 0.408 e. The van der Waals surface area contributed by atoms with Gasteiger partial charge in [-0.15, -0.1) is 0 Å². The predicted molar refractivity (Wildman–Crippen MR) is 107 cm³/mol. The van der Waals surface area contributed by atoms with Gasteiger partial charge in [-0.25, -0.2) is 13.6 Å². The summed E-state index contributed by atoms with van der Waals surface area (Å²) in [4.78, 5) is 25.7. The molecule has 0 bridgehead atoms. The molecular weight excluding hydrogens is 378 g/mol. The highest BCUT2D eigenvalue weighted by atomic mass is 19.2. The van der Waals surface area contributed by atoms with E-state index in [2.05, 4.69) is 5.32 Å². The monoisotopic (exact) mass is 402 g/mol. The van der Waals surface area contributed by atoms with Gasteiger partial charge in [0, 0.05) is 12.1 Å². The number of ether oxygens (including phenoxy) is 1. The minimum Gasteiger partial charge on any atom is -0.444 e. The molecule has 2 aromatic carbocycles. The lowest BCUT2D eigenvalue weighted by atomic mass is 9.99. The van der Waals surface area contributed by atoms with E-state index in [1.54, 1.807) is 32.9 Å². The van der Waals surface area contributed by atoms with Crippen molar-refractivity contribution >= 4 is 17.7 Å². The van der Waals surface area contributed by atoms with Crippen molar-refractivity contribution in [2.45, 2.75) is 45.8 Å². The molecule has 0 radical (unpaired) electrons. The number of carbonyl (C=O) groups excluding carboxylic acids is 2. The fourth-order valence-corrected chi connectivity index (χ4v) is 3.33. The molecule has 0 aromatic heterocycles. The van der Waals surface area contributed by atoms with Crippen LogP contribution in [0, 0.1) is 18.6 Å². The van der Waals surface area contributed by atoms with E-state index in [1.165, 1.54) is 12.1 Å². The number of hydrogen-bond donors (Lipinski definition) is 1. The van der Waals surface area contributed by atoms with Crippen LogP contribution in [0.5, 0.6) is 0 Å². The Hall–Kier alpha value is -2.96. The molecule has 154 valence electrons. The molecule has 2 aromatic rings. The average molecular weight is 402 g/mol. The van der Waals surface area contributed by atoms with Crippen LogP contribution in [0.1, 0.15) is 32.8 Å². The van der Waals surface area contributed by atoms with Crippen LogP contribution in [0.2, 0.25) is 0 Å². The van der Waals surface area contributed by atoms with Gasteiger partial charge >= 0.3 is 6.09 Å². The SMILES string of the molecule is Cc1ccccc1-c1ccc(N2CCC(NC(=O)OC(C)(C)C)C2=O)c(F)c1F. The van der Waals surface area contributed by atoms with Gasteiger partial charge in [0.25, 0.3) is 0 Å². The number of aryl methyl sites for hydroxylation is 1. The Morgan fingerprint density at radius 2 is 1.79 bits per heavy atom. The van der Waals surface area contributed by atoms with Crippen LogP contribution in [0.15, 0.2) is 36.4 Å². The van der Waals surface area contributed by atoms with Crippen molar-refractivity contribution in [1.82, 2.24) is 5.32 Å². The fraction of sp³-hybridized carbons (Fsp3) is 0.364. The van der Waals surface area contributed by atoms with E-state index < -0.39 is 35.3 Å². The zero-order valence-electron chi connectivity index (χ0n) is 16.9. The third-order valence-corrected chi connectivity index (χ3v) is 4.68. The molecule has 1 N–H and O–H groups in total. The molecule has 0 saturated carbocycles. The molecule has 29 heavy (non-hydrogen) atoms. The first-order valence-electron chi connectivity index (χ1n) is 9.43. The molecule has 1 heterocycles. The van der Waals surface area contributed by atoms with Crippen molar-refractivity contribution in [3.63, 3.8) is 0 Å². The summed E-state index contributed by atoms with van der Waals surface area (Å²) in [5, 5.41) is 2.50. The van der Waals surface area contributed by atoms with Gasteiger partial charge in [0.05, 0.1) is 5.69 Å². The zero-order valence-corrected chi connectivity index (χ0v) is 16.9. The largest absolute Gasteiger partial charge is 0.444 e. The molecule has 1 saturated heterocycles. The minimum absolute atomic E-state index is 0.138. The van der Waals surface area contributed by atoms with Crippen LogP contribution < -0.4 is 10.2 Å². The Morgan fingerprint density at radius 1 is 1.10 bits per heavy atom. The molecule has 0 aliphatic carbocycles. The van der Waals surface area contributed by atoms with Gasteiger partial charge in [0.2, 0.25) is 5.91 Å². The van der Waals surface area contributed by atoms with E-state index in [4.69, 9.17) is 4.74 Å². The van der Waals surface area contributed by atoms with Gasteiger partial charge in [-0.05, 0) is 57.4 Å². The van der Waals surface area contributed by atoms with Crippen molar-refractivity contribution in [2.24, 2.45) is 0 Å². The topological polar surface area (TPSA) is 58.6 Å². The van der Waals surface area contributed by atoms with Gasteiger partial charge in [0.15, 0.2) is 11.6 Å². The summed E-state index contributed by atoms with van der Waals surface area (Å²) in [6, 6.07) is 9.13. The van der Waals surface area contributed by atoms with Crippen molar-refractivity contribution < 1.29 is 23.1 Å². The molecule has 7 heteroatoms. The first-order valence-corrected chi connectivity index (χ1v) is 9.43. The summed E-state index contributed by atoms with van der Waals surface area (Å²) in [5.41, 5.74) is 0.703. The molecule has 1 atom stereocenters. The third-order valence-electron chi connectivity index (χ3n) is 4.68. The van der Waals surface area contributed by atoms with E-state index in [-0.39, 0.29) is 24.2 Å². The van der Waals surface area contributed by atoms with Crippen LogP contribution in [0.4, 0.5) is 19.3 Å². The highest BCUT2D eigenvalue weighted by Crippen LogP contribution is 2.33. The fourth-order valence-electron chi connectivity index (χ4n) is 3.33. The van der Waals surface area contributed by atoms with E-state index >= 15 is 0 Å². The number of alkyl carbamates (subject to hydrolysis) is 1. The van der Waals surface area contributed by atoms with Crippen LogP contribution in [0.3, 0.4) is 0 Å². The molecular formula is C22H24F2N2O3. The third kappa shape index (κ3) is 4.39. The maximum atomic E-state index is 14.8. The quantitative estimate of drug-likeness (QED) is 0.818. The lowest BCUT2D eigenvalue weighted by Gasteiger charge is -2.22. The Balaban J connectivity index is 1.81. The summed E-state index contributed by atoms with van der Waals surface area (Å²) < 4.78 is 34.8. The zero-order chi connectivity index (χ0) is 21.3. The second-order valence-corrected chi connectivity index (χ2v) is 8.05. The lowest BCUT2D eigenvalue weighted by Crippen LogP contribution is -2.44. The summed E-state index contributed by atoms with van der Waals surface area (Å²) >= 11 is 0. The lowest BCUT2D eigenvalue weighted by molar-refractivity contribution is -0.118. The van der Waals surface area contributed by atoms with Crippen LogP contribution in [0.25, 0.3) is 11.1 Å². The first-order chi connectivity index (χ1) is 13.6. The molecule has 5 nitrogen and oxygen atoms in total. The number of nitrogens with one attached hydrogen (secondary N) is 1. The standard InChI is InChI=1S/C22H24F2N2O3/c1-13-7-5-6-8-14(13)15-9-10-17(19(24)18(15)23)26-12-11-16(20(26)27)25-21(28)29-22(2,3)4/h5-10,16H,11-12H2,1-4H3,(H,25,28). The summed E-state index contributed by atoms with van der Waals surface area (Å²) in [6.45, 7) is 7.12. The molecule has 0 spiro atoms. The maximum absolute atomic E-state index is 14.8. The molecule has 1 unspecified atom stereocenters. The van der Waals surface area contributed by atoms with E-state index in [9.17, 15) is 18.4 Å². The predicted octanol–water partition coefficient (Wildman–Crippen LogP) is 4.57. The number of rotatable bonds is 3. The van der Waals surface area contributed by atoms with Gasteiger partial charge in [-0.1, -0.05) is 24.3 Å². The number of hydrogen-bond acceptors (Lipinski definition) is 3. The Labute approximate surface area is 168 Å². The molecule has 3 rings (SSSR count). The minimum atomic E-state index is -1.09. The average Bonchev–Trinajstić information content (AvgIpc) is 2.97. The normalized spacial score (nSPS) is 16.8. The van der Waals surface area contributed by atoms with Crippen molar-refractivity contribution in [1.29, 1.82) is 0 Å². The van der Waals surface area contributed by atoms with Crippen molar-refractivity contribution in [3.05, 3.63) is 53.6 Å². The molecule has 1 aliphatic heterocycles.